The number of rotatable bonds is 5. The van der Waals surface area contributed by atoms with Crippen LogP contribution >= 0.6 is 0 Å². The Morgan fingerprint density at radius 3 is 2.53 bits per heavy atom. The molecule has 4 rings (SSSR count). The van der Waals surface area contributed by atoms with Crippen LogP contribution in [-0.4, -0.2) is 37.1 Å². The molecule has 2 atom stereocenters. The van der Waals surface area contributed by atoms with E-state index in [0.29, 0.717) is 16.9 Å². The molecule has 7 nitrogen and oxygen atoms in total. The summed E-state index contributed by atoms with van der Waals surface area (Å²) in [6.07, 6.45) is 0. The van der Waals surface area contributed by atoms with Crippen LogP contribution in [0, 0.1) is 17.7 Å². The van der Waals surface area contributed by atoms with E-state index in [1.54, 1.807) is 49.4 Å². The number of amides is 1. The minimum Gasteiger partial charge on any atom is -0.497 e. The minimum atomic E-state index is -2.32. The Hall–Kier alpha value is -4.64. The minimum absolute atomic E-state index is 0.0576. The van der Waals surface area contributed by atoms with Gasteiger partial charge in [-0.2, -0.15) is 0 Å². The molecule has 3 aromatic rings. The highest BCUT2D eigenvalue weighted by molar-refractivity contribution is 6.13. The predicted octanol–water partition coefficient (Wildman–Crippen LogP) is 3.62. The first-order valence-electron chi connectivity index (χ1n) is 11.1. The number of halogens is 1. The molecule has 1 aliphatic rings. The second-order valence-corrected chi connectivity index (χ2v) is 7.85. The number of nitrogens with one attached hydrogen (secondary N) is 1. The number of carbonyl (C=O) groups excluding carboxylic acids is 3. The average Bonchev–Trinajstić information content (AvgIpc) is 2.88. The zero-order chi connectivity index (χ0) is 25.7. The number of para-hydroxylation sites is 1. The van der Waals surface area contributed by atoms with E-state index in [4.69, 9.17) is 14.2 Å². The van der Waals surface area contributed by atoms with Crippen LogP contribution < -0.4 is 14.8 Å². The van der Waals surface area contributed by atoms with Gasteiger partial charge in [0.15, 0.2) is 0 Å². The SMILES string of the molecule is CCOC(=O)[C@@]1(NC(=O)c2ccc(OC)cc2)C(=O)Oc2ccccc2[C@H]1C#Cc1cccc(F)c1. The topological polar surface area (TPSA) is 90.9 Å². The van der Waals surface area contributed by atoms with Crippen molar-refractivity contribution in [2.24, 2.45) is 0 Å². The van der Waals surface area contributed by atoms with E-state index in [9.17, 15) is 18.8 Å². The van der Waals surface area contributed by atoms with Crippen molar-refractivity contribution in [3.63, 3.8) is 0 Å². The third kappa shape index (κ3) is 4.64. The molecule has 1 heterocycles. The Balaban J connectivity index is 1.86. The van der Waals surface area contributed by atoms with Crippen LogP contribution in [0.15, 0.2) is 72.8 Å². The number of carbonyl (C=O) groups is 3. The first-order chi connectivity index (χ1) is 17.4. The predicted molar refractivity (Wildman–Crippen MR) is 128 cm³/mol. The van der Waals surface area contributed by atoms with Gasteiger partial charge in [-0.25, -0.2) is 14.0 Å². The summed E-state index contributed by atoms with van der Waals surface area (Å²) in [6, 6.07) is 18.3. The Kier molecular flexibility index (Phi) is 7.02. The molecule has 0 fully saturated rings. The molecule has 0 unspecified atom stereocenters. The summed E-state index contributed by atoms with van der Waals surface area (Å²) in [4.78, 5) is 40.1. The maximum absolute atomic E-state index is 13.7. The molecule has 1 amide bonds. The number of esters is 2. The summed E-state index contributed by atoms with van der Waals surface area (Å²) < 4.78 is 29.6. The van der Waals surface area contributed by atoms with Crippen molar-refractivity contribution in [3.8, 4) is 23.3 Å². The van der Waals surface area contributed by atoms with Gasteiger partial charge in [-0.1, -0.05) is 36.1 Å². The molecule has 0 radical (unpaired) electrons. The summed E-state index contributed by atoms with van der Waals surface area (Å²) in [5, 5.41) is 2.55. The molecular weight excluding hydrogens is 465 g/mol. The molecule has 0 saturated heterocycles. The van der Waals surface area contributed by atoms with Crippen LogP contribution in [0.2, 0.25) is 0 Å². The van der Waals surface area contributed by atoms with Gasteiger partial charge in [0.2, 0.25) is 0 Å². The number of fused-ring (bicyclic) bond motifs is 1. The molecule has 0 aromatic heterocycles. The highest BCUT2D eigenvalue weighted by Crippen LogP contribution is 2.41. The highest BCUT2D eigenvalue weighted by Gasteiger charge is 2.60. The maximum Gasteiger partial charge on any atom is 0.350 e. The molecule has 0 spiro atoms. The third-order valence-corrected chi connectivity index (χ3v) is 5.63. The fraction of sp³-hybridized carbons (Fsp3) is 0.179. The molecule has 8 heteroatoms. The smallest absolute Gasteiger partial charge is 0.350 e. The first kappa shape index (κ1) is 24.5. The van der Waals surface area contributed by atoms with Crippen LogP contribution in [0.25, 0.3) is 0 Å². The first-order valence-corrected chi connectivity index (χ1v) is 11.1. The van der Waals surface area contributed by atoms with Crippen LogP contribution in [0.4, 0.5) is 4.39 Å². The number of benzene rings is 3. The fourth-order valence-electron chi connectivity index (χ4n) is 3.87. The number of hydrogen-bond donors (Lipinski definition) is 1. The monoisotopic (exact) mass is 487 g/mol. The van der Waals surface area contributed by atoms with Gasteiger partial charge in [-0.3, -0.25) is 4.79 Å². The molecule has 36 heavy (non-hydrogen) atoms. The van der Waals surface area contributed by atoms with Crippen molar-refractivity contribution in [1.29, 1.82) is 0 Å². The molecule has 3 aromatic carbocycles. The second-order valence-electron chi connectivity index (χ2n) is 7.85. The molecule has 1 aliphatic heterocycles. The molecular formula is C28H22FNO6. The van der Waals surface area contributed by atoms with E-state index in [-0.39, 0.29) is 17.9 Å². The molecule has 0 aliphatic carbocycles. The zero-order valence-electron chi connectivity index (χ0n) is 19.5. The Morgan fingerprint density at radius 1 is 1.08 bits per heavy atom. The van der Waals surface area contributed by atoms with Gasteiger partial charge in [0.1, 0.15) is 17.3 Å². The van der Waals surface area contributed by atoms with Gasteiger partial charge in [0, 0.05) is 16.7 Å². The van der Waals surface area contributed by atoms with Crippen molar-refractivity contribution in [1.82, 2.24) is 5.32 Å². The van der Waals surface area contributed by atoms with E-state index in [1.165, 1.54) is 37.4 Å². The molecule has 0 saturated carbocycles. The lowest BCUT2D eigenvalue weighted by molar-refractivity contribution is -0.162. The number of hydrogen-bond acceptors (Lipinski definition) is 6. The van der Waals surface area contributed by atoms with Crippen LogP contribution in [0.5, 0.6) is 11.5 Å². The van der Waals surface area contributed by atoms with Crippen molar-refractivity contribution in [2.75, 3.05) is 13.7 Å². The fourth-order valence-corrected chi connectivity index (χ4v) is 3.87. The summed E-state index contributed by atoms with van der Waals surface area (Å²) in [7, 11) is 1.49. The van der Waals surface area contributed by atoms with Crippen LogP contribution in [0.3, 0.4) is 0 Å². The standard InChI is InChI=1S/C28H22FNO6/c1-3-35-26(32)28(30-25(31)19-12-14-21(34-2)15-13-19)23(16-11-18-7-6-8-20(29)17-18)22-9-4-5-10-24(22)36-27(28)33/h4-10,12-15,17,23H,3H2,1-2H3,(H,30,31)/t23-,28-/m1/s1. The van der Waals surface area contributed by atoms with E-state index < -0.39 is 35.1 Å². The third-order valence-electron chi connectivity index (χ3n) is 5.63. The van der Waals surface area contributed by atoms with Gasteiger partial charge < -0.3 is 19.5 Å². The lowest BCUT2D eigenvalue weighted by Gasteiger charge is -2.38. The normalized spacial score (nSPS) is 18.1. The Bertz CT molecular complexity index is 1370. The van der Waals surface area contributed by atoms with E-state index >= 15 is 0 Å². The van der Waals surface area contributed by atoms with E-state index in [2.05, 4.69) is 17.2 Å². The Labute approximate surface area is 207 Å². The lowest BCUT2D eigenvalue weighted by Crippen LogP contribution is -2.66. The van der Waals surface area contributed by atoms with Crippen LogP contribution in [0.1, 0.15) is 34.3 Å². The van der Waals surface area contributed by atoms with Crippen molar-refractivity contribution < 1.29 is 33.0 Å². The van der Waals surface area contributed by atoms with Gasteiger partial charge in [0.25, 0.3) is 11.4 Å². The van der Waals surface area contributed by atoms with Gasteiger partial charge in [-0.15, -0.1) is 0 Å². The molecule has 0 bridgehead atoms. The maximum atomic E-state index is 13.7. The quantitative estimate of drug-likeness (QED) is 0.256. The van der Waals surface area contributed by atoms with Gasteiger partial charge >= 0.3 is 11.9 Å². The largest absolute Gasteiger partial charge is 0.497 e. The summed E-state index contributed by atoms with van der Waals surface area (Å²) in [5.41, 5.74) is -1.43. The highest BCUT2D eigenvalue weighted by atomic mass is 19.1. The summed E-state index contributed by atoms with van der Waals surface area (Å²) in [5.74, 6) is 1.97. The Morgan fingerprint density at radius 2 is 1.83 bits per heavy atom. The summed E-state index contributed by atoms with van der Waals surface area (Å²) in [6.45, 7) is 1.52. The van der Waals surface area contributed by atoms with Crippen molar-refractivity contribution in [3.05, 3.63) is 95.3 Å². The van der Waals surface area contributed by atoms with E-state index in [1.807, 2.05) is 0 Å². The van der Waals surface area contributed by atoms with E-state index in [0.717, 1.165) is 0 Å². The molecule has 1 N–H and O–H groups in total. The van der Waals surface area contributed by atoms with Crippen molar-refractivity contribution >= 4 is 17.8 Å². The average molecular weight is 487 g/mol. The lowest BCUT2D eigenvalue weighted by atomic mass is 9.76. The second kappa shape index (κ2) is 10.3. The van der Waals surface area contributed by atoms with Crippen LogP contribution in [-0.2, 0) is 14.3 Å². The zero-order valence-corrected chi connectivity index (χ0v) is 19.5. The number of methoxy groups -OCH3 is 1. The van der Waals surface area contributed by atoms with Crippen molar-refractivity contribution in [2.45, 2.75) is 18.4 Å². The van der Waals surface area contributed by atoms with Gasteiger partial charge in [0.05, 0.1) is 19.6 Å². The van der Waals surface area contributed by atoms with Gasteiger partial charge in [-0.05, 0) is 55.5 Å². The number of ether oxygens (including phenoxy) is 3. The molecule has 182 valence electrons. The summed E-state index contributed by atoms with van der Waals surface area (Å²) >= 11 is 0.